The van der Waals surface area contributed by atoms with Gasteiger partial charge in [-0.15, -0.1) is 0 Å². The van der Waals surface area contributed by atoms with Crippen LogP contribution in [0.3, 0.4) is 0 Å². The largest absolute Gasteiger partial charge is 0.416 e. The monoisotopic (exact) mass is 390 g/mol. The van der Waals surface area contributed by atoms with Crippen molar-refractivity contribution < 1.29 is 27.6 Å². The summed E-state index contributed by atoms with van der Waals surface area (Å²) in [6.45, 7) is 0.949. The lowest BCUT2D eigenvalue weighted by molar-refractivity contribution is -0.139. The number of benzene rings is 2. The first-order valence-corrected chi connectivity index (χ1v) is 8.45. The molecule has 0 saturated carbocycles. The number of amides is 3. The van der Waals surface area contributed by atoms with Crippen LogP contribution in [0.25, 0.3) is 0 Å². The molecule has 0 bridgehead atoms. The Morgan fingerprint density at radius 3 is 2.36 bits per heavy atom. The number of hydrogen-bond donors (Lipinski definition) is 0. The summed E-state index contributed by atoms with van der Waals surface area (Å²) in [6.07, 6.45) is -4.54. The summed E-state index contributed by atoms with van der Waals surface area (Å²) in [5, 5.41) is 0. The number of hydrogen-bond acceptors (Lipinski definition) is 3. The van der Waals surface area contributed by atoms with Gasteiger partial charge in [-0.3, -0.25) is 19.3 Å². The molecule has 0 aromatic heterocycles. The Morgan fingerprint density at radius 1 is 1.04 bits per heavy atom. The zero-order valence-corrected chi connectivity index (χ0v) is 15.2. The van der Waals surface area contributed by atoms with Crippen molar-refractivity contribution in [1.29, 1.82) is 0 Å². The molecule has 8 heteroatoms. The van der Waals surface area contributed by atoms with Gasteiger partial charge in [0.15, 0.2) is 0 Å². The number of rotatable bonds is 4. The highest BCUT2D eigenvalue weighted by Crippen LogP contribution is 2.32. The second kappa shape index (κ2) is 7.10. The summed E-state index contributed by atoms with van der Waals surface area (Å²) in [6, 6.07) is 9.75. The predicted octanol–water partition coefficient (Wildman–Crippen LogP) is 3.27. The third-order valence-corrected chi connectivity index (χ3v) is 4.58. The van der Waals surface area contributed by atoms with Crippen LogP contribution in [0.1, 0.15) is 37.4 Å². The van der Waals surface area contributed by atoms with E-state index in [1.165, 1.54) is 31.3 Å². The number of nitrogens with zero attached hydrogens (tertiary/aromatic N) is 2. The second-order valence-electron chi connectivity index (χ2n) is 6.65. The van der Waals surface area contributed by atoms with Crippen LogP contribution in [0.15, 0.2) is 42.5 Å². The lowest BCUT2D eigenvalue weighted by atomic mass is 10.1. The van der Waals surface area contributed by atoms with E-state index in [0.717, 1.165) is 21.4 Å². The first-order valence-electron chi connectivity index (χ1n) is 8.45. The Morgan fingerprint density at radius 2 is 1.68 bits per heavy atom. The molecule has 2 aromatic rings. The zero-order valence-electron chi connectivity index (χ0n) is 15.2. The summed E-state index contributed by atoms with van der Waals surface area (Å²) >= 11 is 0. The number of carbonyl (C=O) groups excluding carboxylic acids is 3. The van der Waals surface area contributed by atoms with Crippen molar-refractivity contribution in [2.24, 2.45) is 0 Å². The van der Waals surface area contributed by atoms with Gasteiger partial charge in [0.2, 0.25) is 5.91 Å². The number of imide groups is 1. The number of aryl methyl sites for hydroxylation is 1. The minimum atomic E-state index is -4.54. The molecule has 0 unspecified atom stereocenters. The van der Waals surface area contributed by atoms with Gasteiger partial charge in [-0.2, -0.15) is 13.2 Å². The third-order valence-electron chi connectivity index (χ3n) is 4.58. The highest BCUT2D eigenvalue weighted by Gasteiger charge is 2.37. The fourth-order valence-electron chi connectivity index (χ4n) is 3.08. The molecule has 0 N–H and O–H groups in total. The van der Waals surface area contributed by atoms with E-state index in [0.29, 0.717) is 0 Å². The minimum absolute atomic E-state index is 0.0659. The van der Waals surface area contributed by atoms with E-state index in [1.807, 2.05) is 0 Å². The molecule has 0 fully saturated rings. The lowest BCUT2D eigenvalue weighted by Crippen LogP contribution is -2.41. The van der Waals surface area contributed by atoms with Crippen LogP contribution in [0.4, 0.5) is 13.2 Å². The molecule has 146 valence electrons. The molecule has 0 saturated heterocycles. The molecule has 5 nitrogen and oxygen atoms in total. The van der Waals surface area contributed by atoms with Gasteiger partial charge in [0.05, 0.1) is 16.7 Å². The number of fused-ring (bicyclic) bond motifs is 1. The standard InChI is InChI=1S/C20H17F3N2O3/c1-12-7-8-14-15(9-12)19(28)25(18(14)27)11-17(26)24(2)10-13-5-3-4-6-16(13)20(21,22)23/h3-9H,10-11H2,1-2H3. The van der Waals surface area contributed by atoms with E-state index in [-0.39, 0.29) is 23.2 Å². The molecule has 0 radical (unpaired) electrons. The van der Waals surface area contributed by atoms with Crippen molar-refractivity contribution in [3.05, 3.63) is 70.3 Å². The Bertz CT molecular complexity index is 969. The van der Waals surface area contributed by atoms with Gasteiger partial charge < -0.3 is 4.90 Å². The van der Waals surface area contributed by atoms with E-state index in [1.54, 1.807) is 19.1 Å². The average Bonchev–Trinajstić information content (AvgIpc) is 2.85. The highest BCUT2D eigenvalue weighted by molar-refractivity contribution is 6.22. The molecule has 3 amide bonds. The smallest absolute Gasteiger partial charge is 0.340 e. The number of halogens is 3. The third kappa shape index (κ3) is 3.62. The molecule has 1 aliphatic rings. The number of likely N-dealkylation sites (N-methyl/N-ethyl adjacent to an activating group) is 1. The Labute approximate surface area is 159 Å². The SMILES string of the molecule is Cc1ccc2c(c1)C(=O)N(CC(=O)N(C)Cc1ccccc1C(F)(F)F)C2=O. The molecule has 0 aliphatic carbocycles. The molecular formula is C20H17F3N2O3. The fraction of sp³-hybridized carbons (Fsp3) is 0.250. The second-order valence-corrected chi connectivity index (χ2v) is 6.65. The van der Waals surface area contributed by atoms with Crippen molar-refractivity contribution in [2.45, 2.75) is 19.6 Å². The normalized spacial score (nSPS) is 13.7. The zero-order chi connectivity index (χ0) is 20.6. The van der Waals surface area contributed by atoms with Gasteiger partial charge in [-0.25, -0.2) is 0 Å². The Balaban J connectivity index is 1.74. The average molecular weight is 390 g/mol. The van der Waals surface area contributed by atoms with Gasteiger partial charge >= 0.3 is 6.18 Å². The predicted molar refractivity (Wildman–Crippen MR) is 94.5 cm³/mol. The summed E-state index contributed by atoms with van der Waals surface area (Å²) in [5.41, 5.74) is 0.347. The van der Waals surface area contributed by atoms with Crippen LogP contribution in [0.5, 0.6) is 0 Å². The molecule has 2 aromatic carbocycles. The lowest BCUT2D eigenvalue weighted by Gasteiger charge is -2.22. The van der Waals surface area contributed by atoms with Crippen LogP contribution in [-0.2, 0) is 17.5 Å². The maximum absolute atomic E-state index is 13.1. The summed E-state index contributed by atoms with van der Waals surface area (Å²) in [5.74, 6) is -1.80. The quantitative estimate of drug-likeness (QED) is 0.753. The van der Waals surface area contributed by atoms with Crippen molar-refractivity contribution in [3.63, 3.8) is 0 Å². The van der Waals surface area contributed by atoms with Crippen LogP contribution in [0, 0.1) is 6.92 Å². The first-order chi connectivity index (χ1) is 13.1. The number of alkyl halides is 3. The topological polar surface area (TPSA) is 57.7 Å². The molecule has 1 aliphatic heterocycles. The van der Waals surface area contributed by atoms with Crippen molar-refractivity contribution in [2.75, 3.05) is 13.6 Å². The minimum Gasteiger partial charge on any atom is -0.340 e. The molecule has 28 heavy (non-hydrogen) atoms. The van der Waals surface area contributed by atoms with Crippen LogP contribution >= 0.6 is 0 Å². The molecule has 3 rings (SSSR count). The maximum atomic E-state index is 13.1. The van der Waals surface area contributed by atoms with Crippen molar-refractivity contribution in [1.82, 2.24) is 9.80 Å². The molecule has 0 spiro atoms. The summed E-state index contributed by atoms with van der Waals surface area (Å²) in [7, 11) is 1.33. The van der Waals surface area contributed by atoms with Crippen LogP contribution < -0.4 is 0 Å². The number of carbonyl (C=O) groups is 3. The van der Waals surface area contributed by atoms with Crippen LogP contribution in [-0.4, -0.2) is 41.1 Å². The fourth-order valence-corrected chi connectivity index (χ4v) is 3.08. The maximum Gasteiger partial charge on any atom is 0.416 e. The van der Waals surface area contributed by atoms with Gasteiger partial charge in [0.25, 0.3) is 11.8 Å². The molecule has 1 heterocycles. The Hall–Kier alpha value is -3.16. The van der Waals surface area contributed by atoms with Crippen LogP contribution in [0.2, 0.25) is 0 Å². The van der Waals surface area contributed by atoms with Crippen molar-refractivity contribution >= 4 is 17.7 Å². The Kier molecular flexibility index (Phi) is 4.97. The highest BCUT2D eigenvalue weighted by atomic mass is 19.4. The molecule has 0 atom stereocenters. The van der Waals surface area contributed by atoms with Gasteiger partial charge in [-0.1, -0.05) is 29.8 Å². The van der Waals surface area contributed by atoms with E-state index < -0.39 is 36.0 Å². The first kappa shape index (κ1) is 19.6. The van der Waals surface area contributed by atoms with Gasteiger partial charge in [0.1, 0.15) is 6.54 Å². The molecular weight excluding hydrogens is 373 g/mol. The van der Waals surface area contributed by atoms with E-state index in [9.17, 15) is 27.6 Å². The van der Waals surface area contributed by atoms with E-state index >= 15 is 0 Å². The van der Waals surface area contributed by atoms with Gasteiger partial charge in [-0.05, 0) is 30.7 Å². The van der Waals surface area contributed by atoms with Crippen molar-refractivity contribution in [3.8, 4) is 0 Å². The van der Waals surface area contributed by atoms with E-state index in [2.05, 4.69) is 0 Å². The summed E-state index contributed by atoms with van der Waals surface area (Å²) < 4.78 is 39.3. The summed E-state index contributed by atoms with van der Waals surface area (Å²) in [4.78, 5) is 39.2. The van der Waals surface area contributed by atoms with Gasteiger partial charge in [0, 0.05) is 13.6 Å². The van der Waals surface area contributed by atoms with E-state index in [4.69, 9.17) is 0 Å².